The third kappa shape index (κ3) is 6.66. The average Bonchev–Trinajstić information content (AvgIpc) is 2.33. The zero-order valence-corrected chi connectivity index (χ0v) is 15.2. The Hall–Kier alpha value is -0.120. The number of ether oxygens (including phenoxy) is 1. The lowest BCUT2D eigenvalue weighted by Crippen LogP contribution is -2.46. The number of nitrogens with zero attached hydrogens (tertiary/aromatic N) is 1. The Morgan fingerprint density at radius 1 is 1.05 bits per heavy atom. The van der Waals surface area contributed by atoms with Crippen molar-refractivity contribution in [3.63, 3.8) is 0 Å². The summed E-state index contributed by atoms with van der Waals surface area (Å²) in [6.45, 7) is 17.7. The topological polar surface area (TPSA) is 24.5 Å². The highest BCUT2D eigenvalue weighted by atomic mass is 16.5. The minimum atomic E-state index is 0.184. The van der Waals surface area contributed by atoms with Crippen molar-refractivity contribution in [2.75, 3.05) is 26.2 Å². The smallest absolute Gasteiger partial charge is 0.0695 e. The van der Waals surface area contributed by atoms with Crippen molar-refractivity contribution in [3.05, 3.63) is 0 Å². The molecule has 0 atom stereocenters. The lowest BCUT2D eigenvalue weighted by Gasteiger charge is -2.43. The standard InChI is InChI=1S/C18H38N2O/c1-15(2)14-19-11-10-18(8-7-9-18)21-13-12-20(16(3)4)17(5)6/h15-17,19H,7-14H2,1-6H3. The van der Waals surface area contributed by atoms with Crippen LogP contribution in [-0.4, -0.2) is 48.8 Å². The van der Waals surface area contributed by atoms with E-state index >= 15 is 0 Å². The van der Waals surface area contributed by atoms with E-state index in [2.05, 4.69) is 51.8 Å². The number of nitrogens with one attached hydrogen (secondary N) is 1. The minimum Gasteiger partial charge on any atom is -0.374 e. The Morgan fingerprint density at radius 2 is 1.67 bits per heavy atom. The van der Waals surface area contributed by atoms with Crippen LogP contribution in [0.2, 0.25) is 0 Å². The number of rotatable bonds is 11. The predicted molar refractivity (Wildman–Crippen MR) is 91.8 cm³/mol. The lowest BCUT2D eigenvalue weighted by molar-refractivity contribution is -0.111. The lowest BCUT2D eigenvalue weighted by atomic mass is 9.77. The molecule has 3 heteroatoms. The molecule has 3 nitrogen and oxygen atoms in total. The van der Waals surface area contributed by atoms with Crippen molar-refractivity contribution in [2.45, 2.75) is 84.9 Å². The van der Waals surface area contributed by atoms with E-state index in [0.29, 0.717) is 12.1 Å². The maximum absolute atomic E-state index is 6.32. The van der Waals surface area contributed by atoms with Gasteiger partial charge in [0.1, 0.15) is 0 Å². The van der Waals surface area contributed by atoms with Gasteiger partial charge in [0.2, 0.25) is 0 Å². The fourth-order valence-corrected chi connectivity index (χ4v) is 3.22. The molecule has 1 saturated carbocycles. The van der Waals surface area contributed by atoms with Gasteiger partial charge in [-0.2, -0.15) is 0 Å². The first kappa shape index (κ1) is 18.9. The van der Waals surface area contributed by atoms with E-state index in [1.807, 2.05) is 0 Å². The van der Waals surface area contributed by atoms with Gasteiger partial charge in [-0.05, 0) is 72.4 Å². The first-order chi connectivity index (χ1) is 9.86. The number of hydrogen-bond acceptors (Lipinski definition) is 3. The molecule has 1 aliphatic carbocycles. The summed E-state index contributed by atoms with van der Waals surface area (Å²) < 4.78 is 6.32. The second-order valence-electron chi connectivity index (χ2n) is 7.66. The Morgan fingerprint density at radius 3 is 2.10 bits per heavy atom. The van der Waals surface area contributed by atoms with Gasteiger partial charge >= 0.3 is 0 Å². The molecule has 1 fully saturated rings. The highest BCUT2D eigenvalue weighted by Gasteiger charge is 2.37. The van der Waals surface area contributed by atoms with Gasteiger partial charge in [-0.1, -0.05) is 13.8 Å². The highest BCUT2D eigenvalue weighted by Crippen LogP contribution is 2.38. The largest absolute Gasteiger partial charge is 0.374 e. The summed E-state index contributed by atoms with van der Waals surface area (Å²) in [5.41, 5.74) is 0.184. The minimum absolute atomic E-state index is 0.184. The summed E-state index contributed by atoms with van der Waals surface area (Å²) in [7, 11) is 0. The van der Waals surface area contributed by atoms with Crippen LogP contribution in [0.4, 0.5) is 0 Å². The van der Waals surface area contributed by atoms with E-state index in [1.165, 1.54) is 25.7 Å². The number of hydrogen-bond donors (Lipinski definition) is 1. The molecule has 0 unspecified atom stereocenters. The third-order valence-electron chi connectivity index (χ3n) is 4.66. The monoisotopic (exact) mass is 298 g/mol. The molecule has 0 spiro atoms. The zero-order chi connectivity index (χ0) is 15.9. The fourth-order valence-electron chi connectivity index (χ4n) is 3.22. The average molecular weight is 299 g/mol. The summed E-state index contributed by atoms with van der Waals surface area (Å²) in [4.78, 5) is 2.52. The van der Waals surface area contributed by atoms with Gasteiger partial charge in [-0.3, -0.25) is 4.90 Å². The SMILES string of the molecule is CC(C)CNCCC1(OCCN(C(C)C)C(C)C)CCC1. The molecule has 21 heavy (non-hydrogen) atoms. The molecule has 0 radical (unpaired) electrons. The molecule has 0 saturated heterocycles. The quantitative estimate of drug-likeness (QED) is 0.589. The second-order valence-corrected chi connectivity index (χ2v) is 7.66. The van der Waals surface area contributed by atoms with Gasteiger partial charge in [-0.25, -0.2) is 0 Å². The summed E-state index contributed by atoms with van der Waals surface area (Å²) in [6, 6.07) is 1.19. The molecule has 0 heterocycles. The van der Waals surface area contributed by atoms with Crippen LogP contribution < -0.4 is 5.32 Å². The Bertz CT molecular complexity index is 264. The van der Waals surface area contributed by atoms with Crippen molar-refractivity contribution in [1.82, 2.24) is 10.2 Å². The zero-order valence-electron chi connectivity index (χ0n) is 15.2. The van der Waals surface area contributed by atoms with Crippen molar-refractivity contribution < 1.29 is 4.74 Å². The maximum atomic E-state index is 6.32. The molecule has 0 bridgehead atoms. The summed E-state index contributed by atoms with van der Waals surface area (Å²) in [5, 5.41) is 3.55. The first-order valence-electron chi connectivity index (χ1n) is 8.97. The molecule has 1 N–H and O–H groups in total. The van der Waals surface area contributed by atoms with Crippen molar-refractivity contribution >= 4 is 0 Å². The van der Waals surface area contributed by atoms with Crippen LogP contribution >= 0.6 is 0 Å². The van der Waals surface area contributed by atoms with Gasteiger partial charge in [-0.15, -0.1) is 0 Å². The van der Waals surface area contributed by atoms with Crippen molar-refractivity contribution in [3.8, 4) is 0 Å². The molecule has 1 aliphatic rings. The first-order valence-corrected chi connectivity index (χ1v) is 8.97. The molecule has 0 amide bonds. The second kappa shape index (κ2) is 9.12. The van der Waals surface area contributed by atoms with Crippen molar-refractivity contribution in [1.29, 1.82) is 0 Å². The third-order valence-corrected chi connectivity index (χ3v) is 4.66. The fraction of sp³-hybridized carbons (Fsp3) is 1.00. The Kier molecular flexibility index (Phi) is 8.22. The van der Waals surface area contributed by atoms with E-state index in [9.17, 15) is 0 Å². The van der Waals surface area contributed by atoms with Gasteiger partial charge in [0.15, 0.2) is 0 Å². The van der Waals surface area contributed by atoms with Crippen molar-refractivity contribution in [2.24, 2.45) is 5.92 Å². The normalized spacial score (nSPS) is 18.0. The van der Waals surface area contributed by atoms with E-state index in [4.69, 9.17) is 4.74 Å². The van der Waals surface area contributed by atoms with Crippen LogP contribution in [0.3, 0.4) is 0 Å². The van der Waals surface area contributed by atoms with E-state index in [-0.39, 0.29) is 5.60 Å². The van der Waals surface area contributed by atoms with Gasteiger partial charge < -0.3 is 10.1 Å². The summed E-state index contributed by atoms with van der Waals surface area (Å²) in [5.74, 6) is 0.730. The van der Waals surface area contributed by atoms with Crippen LogP contribution in [0.15, 0.2) is 0 Å². The van der Waals surface area contributed by atoms with Crippen LogP contribution in [0.1, 0.15) is 67.2 Å². The van der Waals surface area contributed by atoms with Gasteiger partial charge in [0.25, 0.3) is 0 Å². The predicted octanol–water partition coefficient (Wildman–Crippen LogP) is 3.68. The molecule has 0 aromatic carbocycles. The summed E-state index contributed by atoms with van der Waals surface area (Å²) >= 11 is 0. The Balaban J connectivity index is 2.26. The van der Waals surface area contributed by atoms with Gasteiger partial charge in [0.05, 0.1) is 12.2 Å². The van der Waals surface area contributed by atoms with Crippen LogP contribution in [0.25, 0.3) is 0 Å². The van der Waals surface area contributed by atoms with Crippen LogP contribution in [0, 0.1) is 5.92 Å². The molecule has 0 aliphatic heterocycles. The molecular weight excluding hydrogens is 260 g/mol. The van der Waals surface area contributed by atoms with E-state index in [0.717, 1.165) is 32.2 Å². The maximum Gasteiger partial charge on any atom is 0.0695 e. The molecular formula is C18H38N2O. The van der Waals surface area contributed by atoms with Crippen LogP contribution in [0.5, 0.6) is 0 Å². The van der Waals surface area contributed by atoms with Gasteiger partial charge in [0, 0.05) is 18.6 Å². The highest BCUT2D eigenvalue weighted by molar-refractivity contribution is 4.90. The summed E-state index contributed by atoms with van der Waals surface area (Å²) in [6.07, 6.45) is 5.00. The molecule has 126 valence electrons. The molecule has 0 aromatic heterocycles. The molecule has 1 rings (SSSR count). The Labute approximate surface area is 132 Å². The molecule has 0 aromatic rings. The van der Waals surface area contributed by atoms with E-state index in [1.54, 1.807) is 0 Å². The van der Waals surface area contributed by atoms with E-state index < -0.39 is 0 Å². The van der Waals surface area contributed by atoms with Crippen LogP contribution in [-0.2, 0) is 4.74 Å².